The zero-order valence-corrected chi connectivity index (χ0v) is 12.9. The summed E-state index contributed by atoms with van der Waals surface area (Å²) in [6, 6.07) is 0. The molecule has 0 atom stereocenters. The summed E-state index contributed by atoms with van der Waals surface area (Å²) in [5, 5.41) is 0. The van der Waals surface area contributed by atoms with E-state index < -0.39 is 0 Å². The van der Waals surface area contributed by atoms with Crippen molar-refractivity contribution < 1.29 is 9.47 Å². The molecule has 0 aliphatic carbocycles. The molecule has 2 heteroatoms. The molecule has 0 aromatic carbocycles. The number of hydrogen-bond donors (Lipinski definition) is 0. The fraction of sp³-hybridized carbons (Fsp3) is 1.00. The average Bonchev–Trinajstić information content (AvgIpc) is 2.38. The Kier molecular flexibility index (Phi) is 14.9. The maximum Gasteiger partial charge on any atom is 0.0513 e. The molecule has 0 aromatic heterocycles. The van der Waals surface area contributed by atoms with Gasteiger partial charge in [-0.3, -0.25) is 0 Å². The van der Waals surface area contributed by atoms with Gasteiger partial charge in [-0.1, -0.05) is 59.3 Å². The molecule has 110 valence electrons. The molecule has 0 spiro atoms. The van der Waals surface area contributed by atoms with Crippen LogP contribution in [0.15, 0.2) is 0 Å². The predicted molar refractivity (Wildman–Crippen MR) is 79.1 cm³/mol. The third kappa shape index (κ3) is 14.0. The second-order valence-electron chi connectivity index (χ2n) is 5.38. The van der Waals surface area contributed by atoms with Gasteiger partial charge in [-0.25, -0.2) is 0 Å². The maximum atomic E-state index is 5.66. The summed E-state index contributed by atoms with van der Waals surface area (Å²) in [7, 11) is 0. The molecular weight excluding hydrogens is 224 g/mol. The van der Waals surface area contributed by atoms with Gasteiger partial charge in [0.25, 0.3) is 0 Å². The van der Waals surface area contributed by atoms with E-state index in [0.717, 1.165) is 26.4 Å². The molecule has 0 saturated carbocycles. The quantitative estimate of drug-likeness (QED) is 0.416. The third-order valence-corrected chi connectivity index (χ3v) is 3.09. The van der Waals surface area contributed by atoms with E-state index in [1.165, 1.54) is 51.4 Å². The largest absolute Gasteiger partial charge is 0.381 e. The Morgan fingerprint density at radius 3 is 1.50 bits per heavy atom. The van der Waals surface area contributed by atoms with Crippen LogP contribution in [0.2, 0.25) is 0 Å². The van der Waals surface area contributed by atoms with Gasteiger partial charge in [0, 0.05) is 19.1 Å². The van der Waals surface area contributed by atoms with Crippen LogP contribution in [0.1, 0.15) is 72.1 Å². The summed E-state index contributed by atoms with van der Waals surface area (Å²) in [6.07, 6.45) is 10.3. The van der Waals surface area contributed by atoms with Crippen molar-refractivity contribution in [3.8, 4) is 0 Å². The molecular formula is C16H34O2. The molecule has 0 N–H and O–H groups in total. The SMILES string of the molecule is CCCCCCOCC(C)COCCCCCC. The third-order valence-electron chi connectivity index (χ3n) is 3.09. The first-order valence-corrected chi connectivity index (χ1v) is 7.96. The van der Waals surface area contributed by atoms with Crippen molar-refractivity contribution in [3.05, 3.63) is 0 Å². The van der Waals surface area contributed by atoms with Crippen LogP contribution < -0.4 is 0 Å². The van der Waals surface area contributed by atoms with Gasteiger partial charge in [-0.15, -0.1) is 0 Å². The molecule has 0 saturated heterocycles. The molecule has 0 heterocycles. The van der Waals surface area contributed by atoms with Crippen LogP contribution in [0.25, 0.3) is 0 Å². The Labute approximate surface area is 114 Å². The smallest absolute Gasteiger partial charge is 0.0513 e. The predicted octanol–water partition coefficient (Wildman–Crippen LogP) is 4.82. The number of hydrogen-bond acceptors (Lipinski definition) is 2. The first-order valence-electron chi connectivity index (χ1n) is 7.96. The number of rotatable bonds is 14. The minimum Gasteiger partial charge on any atom is -0.381 e. The summed E-state index contributed by atoms with van der Waals surface area (Å²) in [4.78, 5) is 0. The molecule has 0 rings (SSSR count). The van der Waals surface area contributed by atoms with E-state index in [9.17, 15) is 0 Å². The highest BCUT2D eigenvalue weighted by atomic mass is 16.5. The van der Waals surface area contributed by atoms with Gasteiger partial charge in [0.05, 0.1) is 13.2 Å². The van der Waals surface area contributed by atoms with Crippen LogP contribution in [-0.4, -0.2) is 26.4 Å². The second kappa shape index (κ2) is 15.0. The highest BCUT2D eigenvalue weighted by Crippen LogP contribution is 2.03. The lowest BCUT2D eigenvalue weighted by atomic mass is 10.2. The summed E-state index contributed by atoms with van der Waals surface area (Å²) in [6.45, 7) is 10.2. The standard InChI is InChI=1S/C16H34O2/c1-4-6-8-10-12-17-14-16(3)15-18-13-11-9-7-5-2/h16H,4-15H2,1-3H3. The molecule has 18 heavy (non-hydrogen) atoms. The Balaban J connectivity index is 3.10. The van der Waals surface area contributed by atoms with Crippen molar-refractivity contribution in [2.75, 3.05) is 26.4 Å². The highest BCUT2D eigenvalue weighted by Gasteiger charge is 2.02. The van der Waals surface area contributed by atoms with Crippen molar-refractivity contribution in [2.24, 2.45) is 5.92 Å². The number of unbranched alkanes of at least 4 members (excludes halogenated alkanes) is 6. The lowest BCUT2D eigenvalue weighted by molar-refractivity contribution is 0.0434. The first kappa shape index (κ1) is 17.9. The van der Waals surface area contributed by atoms with Gasteiger partial charge in [0.1, 0.15) is 0 Å². The van der Waals surface area contributed by atoms with Crippen LogP contribution in [0.3, 0.4) is 0 Å². The Hall–Kier alpha value is -0.0800. The molecule has 0 radical (unpaired) electrons. The molecule has 0 fully saturated rings. The van der Waals surface area contributed by atoms with Crippen molar-refractivity contribution in [1.82, 2.24) is 0 Å². The van der Waals surface area contributed by atoms with Crippen LogP contribution in [-0.2, 0) is 9.47 Å². The molecule has 0 aromatic rings. The monoisotopic (exact) mass is 258 g/mol. The second-order valence-corrected chi connectivity index (χ2v) is 5.38. The Bertz CT molecular complexity index is 132. The minimum atomic E-state index is 0.530. The van der Waals surface area contributed by atoms with Crippen molar-refractivity contribution in [1.29, 1.82) is 0 Å². The highest BCUT2D eigenvalue weighted by molar-refractivity contribution is 4.50. The summed E-state index contributed by atoms with van der Waals surface area (Å²) in [5.41, 5.74) is 0. The topological polar surface area (TPSA) is 18.5 Å². The summed E-state index contributed by atoms with van der Waals surface area (Å²) in [5.74, 6) is 0.530. The van der Waals surface area contributed by atoms with Crippen molar-refractivity contribution in [2.45, 2.75) is 72.1 Å². The van der Waals surface area contributed by atoms with Crippen LogP contribution in [0.5, 0.6) is 0 Å². The lowest BCUT2D eigenvalue weighted by Crippen LogP contribution is -2.14. The van der Waals surface area contributed by atoms with E-state index >= 15 is 0 Å². The van der Waals surface area contributed by atoms with E-state index in [0.29, 0.717) is 5.92 Å². The van der Waals surface area contributed by atoms with Crippen LogP contribution in [0.4, 0.5) is 0 Å². The van der Waals surface area contributed by atoms with E-state index in [-0.39, 0.29) is 0 Å². The molecule has 0 bridgehead atoms. The van der Waals surface area contributed by atoms with Crippen LogP contribution in [0, 0.1) is 5.92 Å². The van der Waals surface area contributed by atoms with Crippen LogP contribution >= 0.6 is 0 Å². The Morgan fingerprint density at radius 2 is 1.11 bits per heavy atom. The van der Waals surface area contributed by atoms with E-state index in [1.807, 2.05) is 0 Å². The van der Waals surface area contributed by atoms with E-state index in [1.54, 1.807) is 0 Å². The molecule has 2 nitrogen and oxygen atoms in total. The normalized spacial score (nSPS) is 11.3. The zero-order valence-electron chi connectivity index (χ0n) is 12.9. The average molecular weight is 258 g/mol. The van der Waals surface area contributed by atoms with Gasteiger partial charge in [0.15, 0.2) is 0 Å². The van der Waals surface area contributed by atoms with Gasteiger partial charge in [0.2, 0.25) is 0 Å². The first-order chi connectivity index (χ1) is 8.81. The molecule has 0 unspecified atom stereocenters. The maximum absolute atomic E-state index is 5.66. The lowest BCUT2D eigenvalue weighted by Gasteiger charge is -2.12. The fourth-order valence-electron chi connectivity index (χ4n) is 1.88. The van der Waals surface area contributed by atoms with Crippen molar-refractivity contribution >= 4 is 0 Å². The molecule has 0 amide bonds. The van der Waals surface area contributed by atoms with Gasteiger partial charge < -0.3 is 9.47 Å². The van der Waals surface area contributed by atoms with E-state index in [2.05, 4.69) is 20.8 Å². The molecule has 0 aliphatic heterocycles. The van der Waals surface area contributed by atoms with Gasteiger partial charge >= 0.3 is 0 Å². The summed E-state index contributed by atoms with van der Waals surface area (Å²) < 4.78 is 11.3. The van der Waals surface area contributed by atoms with Crippen molar-refractivity contribution in [3.63, 3.8) is 0 Å². The van der Waals surface area contributed by atoms with E-state index in [4.69, 9.17) is 9.47 Å². The molecule has 0 aliphatic rings. The zero-order chi connectivity index (χ0) is 13.5. The fourth-order valence-corrected chi connectivity index (χ4v) is 1.88. The number of ether oxygens (including phenoxy) is 2. The Morgan fingerprint density at radius 1 is 0.667 bits per heavy atom. The van der Waals surface area contributed by atoms with Gasteiger partial charge in [-0.05, 0) is 12.8 Å². The minimum absolute atomic E-state index is 0.530. The summed E-state index contributed by atoms with van der Waals surface area (Å²) >= 11 is 0. The van der Waals surface area contributed by atoms with Gasteiger partial charge in [-0.2, -0.15) is 0 Å².